The molecule has 1 fully saturated rings. The van der Waals surface area contributed by atoms with Crippen LogP contribution in [-0.2, 0) is 17.8 Å². The maximum atomic E-state index is 14.0. The molecule has 134 valence electrons. The van der Waals surface area contributed by atoms with E-state index < -0.39 is 0 Å². The van der Waals surface area contributed by atoms with Crippen LogP contribution in [0.15, 0.2) is 42.5 Å². The van der Waals surface area contributed by atoms with Gasteiger partial charge in [0, 0.05) is 42.9 Å². The SMILES string of the molecule is CC(=O)N1CCc2cc(C(=O)N(Cc3ccccc3F)C3CC3)ccc21. The first-order valence-corrected chi connectivity index (χ1v) is 9.00. The van der Waals surface area contributed by atoms with E-state index in [2.05, 4.69) is 0 Å². The van der Waals surface area contributed by atoms with Crippen molar-refractivity contribution in [2.75, 3.05) is 11.4 Å². The maximum Gasteiger partial charge on any atom is 0.254 e. The number of carbonyl (C=O) groups excluding carboxylic acids is 2. The van der Waals surface area contributed by atoms with Gasteiger partial charge in [-0.3, -0.25) is 9.59 Å². The molecule has 1 heterocycles. The Morgan fingerprint density at radius 1 is 1.19 bits per heavy atom. The van der Waals surface area contributed by atoms with Gasteiger partial charge in [0.15, 0.2) is 0 Å². The molecule has 0 spiro atoms. The highest BCUT2D eigenvalue weighted by molar-refractivity contribution is 5.98. The van der Waals surface area contributed by atoms with Crippen molar-refractivity contribution in [3.8, 4) is 0 Å². The quantitative estimate of drug-likeness (QED) is 0.844. The molecule has 0 bridgehead atoms. The summed E-state index contributed by atoms with van der Waals surface area (Å²) in [5, 5.41) is 0. The fourth-order valence-corrected chi connectivity index (χ4v) is 3.59. The summed E-state index contributed by atoms with van der Waals surface area (Å²) in [6.07, 6.45) is 2.68. The molecule has 2 aliphatic rings. The first-order valence-electron chi connectivity index (χ1n) is 9.00. The van der Waals surface area contributed by atoms with Crippen LogP contribution in [-0.4, -0.2) is 29.3 Å². The van der Waals surface area contributed by atoms with Crippen molar-refractivity contribution >= 4 is 17.5 Å². The van der Waals surface area contributed by atoms with Crippen molar-refractivity contribution in [1.82, 2.24) is 4.90 Å². The van der Waals surface area contributed by atoms with E-state index in [0.29, 0.717) is 17.7 Å². The minimum atomic E-state index is -0.281. The summed E-state index contributed by atoms with van der Waals surface area (Å²) < 4.78 is 14.0. The average molecular weight is 352 g/mol. The van der Waals surface area contributed by atoms with Gasteiger partial charge in [-0.2, -0.15) is 0 Å². The Bertz CT molecular complexity index is 876. The Labute approximate surface area is 152 Å². The molecule has 4 nitrogen and oxygen atoms in total. The van der Waals surface area contributed by atoms with Crippen molar-refractivity contribution in [2.24, 2.45) is 0 Å². The van der Waals surface area contributed by atoms with Crippen LogP contribution in [0.3, 0.4) is 0 Å². The predicted octanol–water partition coefficient (Wildman–Crippen LogP) is 3.54. The van der Waals surface area contributed by atoms with Crippen molar-refractivity contribution in [1.29, 1.82) is 0 Å². The van der Waals surface area contributed by atoms with Crippen LogP contribution in [0.5, 0.6) is 0 Å². The Morgan fingerprint density at radius 2 is 1.96 bits per heavy atom. The lowest BCUT2D eigenvalue weighted by atomic mass is 10.1. The van der Waals surface area contributed by atoms with Gasteiger partial charge in [-0.1, -0.05) is 18.2 Å². The standard InChI is InChI=1S/C21H21FN2O2/c1-14(25)23-11-10-15-12-16(6-9-20(15)23)21(26)24(18-7-8-18)13-17-4-2-3-5-19(17)22/h2-6,9,12,18H,7-8,10-11,13H2,1H3. The zero-order chi connectivity index (χ0) is 18.3. The molecule has 0 radical (unpaired) electrons. The van der Waals surface area contributed by atoms with Crippen LogP contribution in [0, 0.1) is 5.82 Å². The molecule has 2 amide bonds. The summed E-state index contributed by atoms with van der Waals surface area (Å²) in [4.78, 5) is 28.3. The smallest absolute Gasteiger partial charge is 0.254 e. The highest BCUT2D eigenvalue weighted by atomic mass is 19.1. The second-order valence-electron chi connectivity index (χ2n) is 7.02. The van der Waals surface area contributed by atoms with Crippen LogP contribution in [0.25, 0.3) is 0 Å². The fraction of sp³-hybridized carbons (Fsp3) is 0.333. The third-order valence-corrected chi connectivity index (χ3v) is 5.15. The number of fused-ring (bicyclic) bond motifs is 1. The van der Waals surface area contributed by atoms with Gasteiger partial charge in [-0.15, -0.1) is 0 Å². The second-order valence-corrected chi connectivity index (χ2v) is 7.02. The Balaban J connectivity index is 1.59. The third-order valence-electron chi connectivity index (χ3n) is 5.15. The molecule has 0 aromatic heterocycles. The summed E-state index contributed by atoms with van der Waals surface area (Å²) >= 11 is 0. The van der Waals surface area contributed by atoms with Crippen molar-refractivity contribution in [3.05, 3.63) is 65.0 Å². The van der Waals surface area contributed by atoms with Gasteiger partial charge in [0.05, 0.1) is 0 Å². The van der Waals surface area contributed by atoms with Gasteiger partial charge in [0.1, 0.15) is 5.82 Å². The number of hydrogen-bond acceptors (Lipinski definition) is 2. The minimum absolute atomic E-state index is 0.0157. The van der Waals surface area contributed by atoms with Crippen LogP contribution in [0.2, 0.25) is 0 Å². The maximum absolute atomic E-state index is 14.0. The molecule has 0 atom stereocenters. The van der Waals surface area contributed by atoms with E-state index in [1.165, 1.54) is 6.07 Å². The lowest BCUT2D eigenvalue weighted by Crippen LogP contribution is -2.33. The molecule has 0 unspecified atom stereocenters. The van der Waals surface area contributed by atoms with Gasteiger partial charge in [-0.25, -0.2) is 4.39 Å². The van der Waals surface area contributed by atoms with E-state index in [9.17, 15) is 14.0 Å². The molecular weight excluding hydrogens is 331 g/mol. The van der Waals surface area contributed by atoms with E-state index in [0.717, 1.165) is 30.5 Å². The molecule has 0 saturated heterocycles. The molecule has 2 aromatic rings. The summed E-state index contributed by atoms with van der Waals surface area (Å²) in [5.41, 5.74) is 3.06. The number of rotatable bonds is 4. The Morgan fingerprint density at radius 3 is 2.65 bits per heavy atom. The van der Waals surface area contributed by atoms with Gasteiger partial charge in [0.2, 0.25) is 5.91 Å². The van der Waals surface area contributed by atoms with Crippen molar-refractivity contribution in [3.63, 3.8) is 0 Å². The second kappa shape index (κ2) is 6.56. The number of hydrogen-bond donors (Lipinski definition) is 0. The van der Waals surface area contributed by atoms with Crippen LogP contribution in [0.1, 0.15) is 41.3 Å². The molecule has 1 aliphatic heterocycles. The fourth-order valence-electron chi connectivity index (χ4n) is 3.59. The van der Waals surface area contributed by atoms with Crippen LogP contribution >= 0.6 is 0 Å². The molecule has 5 heteroatoms. The molecule has 2 aromatic carbocycles. The number of benzene rings is 2. The number of anilines is 1. The number of halogens is 1. The zero-order valence-electron chi connectivity index (χ0n) is 14.7. The van der Waals surface area contributed by atoms with E-state index in [4.69, 9.17) is 0 Å². The van der Waals surface area contributed by atoms with Gasteiger partial charge >= 0.3 is 0 Å². The van der Waals surface area contributed by atoms with E-state index in [1.807, 2.05) is 12.1 Å². The lowest BCUT2D eigenvalue weighted by molar-refractivity contribution is -0.116. The number of carbonyl (C=O) groups is 2. The molecule has 1 aliphatic carbocycles. The summed E-state index contributed by atoms with van der Waals surface area (Å²) in [7, 11) is 0. The summed E-state index contributed by atoms with van der Waals surface area (Å²) in [5.74, 6) is -0.334. The molecule has 0 N–H and O–H groups in total. The topological polar surface area (TPSA) is 40.6 Å². The van der Waals surface area contributed by atoms with Crippen LogP contribution in [0.4, 0.5) is 10.1 Å². The third kappa shape index (κ3) is 3.09. The Kier molecular flexibility index (Phi) is 4.23. The highest BCUT2D eigenvalue weighted by Crippen LogP contribution is 2.33. The number of nitrogens with zero attached hydrogens (tertiary/aromatic N) is 2. The summed E-state index contributed by atoms with van der Waals surface area (Å²) in [6, 6.07) is 12.3. The van der Waals surface area contributed by atoms with Crippen molar-refractivity contribution < 1.29 is 14.0 Å². The van der Waals surface area contributed by atoms with Gasteiger partial charge in [-0.05, 0) is 49.1 Å². The normalized spacial score (nSPS) is 15.7. The van der Waals surface area contributed by atoms with E-state index in [1.54, 1.807) is 41.0 Å². The predicted molar refractivity (Wildman–Crippen MR) is 97.5 cm³/mol. The average Bonchev–Trinajstić information content (AvgIpc) is 3.38. The first-order chi connectivity index (χ1) is 12.5. The summed E-state index contributed by atoms with van der Waals surface area (Å²) in [6.45, 7) is 2.49. The molecular formula is C21H21FN2O2. The Hall–Kier alpha value is -2.69. The molecule has 26 heavy (non-hydrogen) atoms. The monoisotopic (exact) mass is 352 g/mol. The number of amides is 2. The van der Waals surface area contributed by atoms with Gasteiger partial charge < -0.3 is 9.80 Å². The van der Waals surface area contributed by atoms with E-state index in [-0.39, 0.29) is 30.2 Å². The van der Waals surface area contributed by atoms with Crippen LogP contribution < -0.4 is 4.90 Å². The van der Waals surface area contributed by atoms with Gasteiger partial charge in [0.25, 0.3) is 5.91 Å². The molecule has 4 rings (SSSR count). The zero-order valence-corrected chi connectivity index (χ0v) is 14.7. The largest absolute Gasteiger partial charge is 0.331 e. The first kappa shape index (κ1) is 16.8. The minimum Gasteiger partial charge on any atom is -0.331 e. The highest BCUT2D eigenvalue weighted by Gasteiger charge is 2.34. The molecule has 1 saturated carbocycles. The van der Waals surface area contributed by atoms with Crippen molar-refractivity contribution in [2.45, 2.75) is 38.8 Å². The lowest BCUT2D eigenvalue weighted by Gasteiger charge is -2.23. The van der Waals surface area contributed by atoms with E-state index >= 15 is 0 Å².